The molecule has 1 unspecified atom stereocenters. The van der Waals surface area contributed by atoms with Crippen LogP contribution in [0.1, 0.15) is 45.0 Å². The molecule has 0 spiro atoms. The van der Waals surface area contributed by atoms with Crippen molar-refractivity contribution < 1.29 is 33.1 Å². The molecule has 0 saturated carbocycles. The summed E-state index contributed by atoms with van der Waals surface area (Å²) < 4.78 is 28.2. The fraction of sp³-hybridized carbons (Fsp3) is 0.407. The molecule has 0 fully saturated rings. The zero-order chi connectivity index (χ0) is 30.5. The average Bonchev–Trinajstić information content (AvgIpc) is 3.24. The number of halogens is 3. The number of hydroxylamine groups is 1. The number of amides is 2. The number of fused-ring (bicyclic) bond motifs is 1. The standard InChI is InChI=1S/C27H32BrClFN5O6/c1-14(2)21(33-26(38)41-27(3,4)5)25(37)39-9-10-40-34-24(36)16-12-19-23(31-13-35(19)6)20(30)22(16)32-18-8-7-15(28)11-17(18)29/h7-8,11-14,21,32H,9-10H2,1-6H3,(H,33,38)(H,34,36). The van der Waals surface area contributed by atoms with Crippen LogP contribution < -0.4 is 16.1 Å². The van der Waals surface area contributed by atoms with E-state index in [-0.39, 0.29) is 35.9 Å². The van der Waals surface area contributed by atoms with E-state index in [0.29, 0.717) is 16.2 Å². The van der Waals surface area contributed by atoms with Crippen LogP contribution in [0.3, 0.4) is 0 Å². The number of hydrogen-bond donors (Lipinski definition) is 3. The fourth-order valence-electron chi connectivity index (χ4n) is 3.63. The lowest BCUT2D eigenvalue weighted by atomic mass is 10.1. The molecule has 0 radical (unpaired) electrons. The summed E-state index contributed by atoms with van der Waals surface area (Å²) >= 11 is 9.62. The van der Waals surface area contributed by atoms with Gasteiger partial charge in [0.2, 0.25) is 0 Å². The molecule has 14 heteroatoms. The number of hydrogen-bond acceptors (Lipinski definition) is 8. The number of ether oxygens (including phenoxy) is 2. The van der Waals surface area contributed by atoms with E-state index >= 15 is 4.39 Å². The summed E-state index contributed by atoms with van der Waals surface area (Å²) in [4.78, 5) is 47.0. The number of esters is 1. The SMILES string of the molecule is CC(C)C(NC(=O)OC(C)(C)C)C(=O)OCCONC(=O)c1cc2c(ncn2C)c(F)c1Nc1ccc(Br)cc1Cl. The number of nitrogens with one attached hydrogen (secondary N) is 3. The molecule has 222 valence electrons. The summed E-state index contributed by atoms with van der Waals surface area (Å²) in [6.45, 7) is 8.16. The van der Waals surface area contributed by atoms with Gasteiger partial charge in [0.25, 0.3) is 5.91 Å². The number of aromatic nitrogens is 2. The Morgan fingerprint density at radius 2 is 1.88 bits per heavy atom. The smallest absolute Gasteiger partial charge is 0.408 e. The summed E-state index contributed by atoms with van der Waals surface area (Å²) in [5.74, 6) is -2.49. The highest BCUT2D eigenvalue weighted by atomic mass is 79.9. The van der Waals surface area contributed by atoms with Gasteiger partial charge in [-0.3, -0.25) is 9.63 Å². The molecule has 0 bridgehead atoms. The van der Waals surface area contributed by atoms with Crippen molar-refractivity contribution in [3.63, 3.8) is 0 Å². The van der Waals surface area contributed by atoms with Crippen molar-refractivity contribution in [2.75, 3.05) is 18.5 Å². The van der Waals surface area contributed by atoms with Crippen molar-refractivity contribution in [2.24, 2.45) is 13.0 Å². The number of carbonyl (C=O) groups excluding carboxylic acids is 3. The van der Waals surface area contributed by atoms with Crippen LogP contribution in [0.15, 0.2) is 35.1 Å². The second-order valence-electron chi connectivity index (χ2n) is 10.4. The summed E-state index contributed by atoms with van der Waals surface area (Å²) in [6.07, 6.45) is 0.682. The van der Waals surface area contributed by atoms with E-state index in [0.717, 1.165) is 4.47 Å². The molecule has 0 aliphatic carbocycles. The molecule has 0 aliphatic heterocycles. The lowest BCUT2D eigenvalue weighted by Crippen LogP contribution is -2.47. The van der Waals surface area contributed by atoms with Gasteiger partial charge in [0, 0.05) is 11.5 Å². The van der Waals surface area contributed by atoms with Crippen LogP contribution in [0.2, 0.25) is 5.02 Å². The van der Waals surface area contributed by atoms with Crippen LogP contribution >= 0.6 is 27.5 Å². The number of nitrogens with zero attached hydrogens (tertiary/aromatic N) is 2. The minimum atomic E-state index is -0.952. The number of rotatable bonds is 10. The maximum Gasteiger partial charge on any atom is 0.408 e. The molecule has 2 amide bonds. The van der Waals surface area contributed by atoms with E-state index in [1.807, 2.05) is 0 Å². The van der Waals surface area contributed by atoms with Gasteiger partial charge in [-0.05, 0) is 51.0 Å². The van der Waals surface area contributed by atoms with Crippen LogP contribution in [0, 0.1) is 11.7 Å². The van der Waals surface area contributed by atoms with E-state index < -0.39 is 35.4 Å². The highest BCUT2D eigenvalue weighted by Gasteiger charge is 2.28. The van der Waals surface area contributed by atoms with Gasteiger partial charge in [0.1, 0.15) is 30.4 Å². The molecule has 0 aliphatic rings. The summed E-state index contributed by atoms with van der Waals surface area (Å²) in [7, 11) is 1.67. The summed E-state index contributed by atoms with van der Waals surface area (Å²) in [5, 5.41) is 5.68. The third-order valence-electron chi connectivity index (χ3n) is 5.58. The Hall–Kier alpha value is -3.42. The lowest BCUT2D eigenvalue weighted by molar-refractivity contribution is -0.149. The number of anilines is 2. The number of benzene rings is 2. The molecule has 1 aromatic heterocycles. The Morgan fingerprint density at radius 3 is 2.51 bits per heavy atom. The number of imidazole rings is 1. The Bertz CT molecular complexity index is 1440. The number of alkyl carbamates (subject to hydrolysis) is 1. The van der Waals surface area contributed by atoms with Gasteiger partial charge in [-0.25, -0.2) is 24.4 Å². The predicted octanol–water partition coefficient (Wildman–Crippen LogP) is 5.63. The van der Waals surface area contributed by atoms with Gasteiger partial charge < -0.3 is 24.7 Å². The van der Waals surface area contributed by atoms with Crippen LogP contribution in [0.5, 0.6) is 0 Å². The quantitative estimate of drug-likeness (QED) is 0.145. The maximum absolute atomic E-state index is 15.5. The Balaban J connectivity index is 1.66. The largest absolute Gasteiger partial charge is 0.462 e. The first-order valence-corrected chi connectivity index (χ1v) is 13.8. The van der Waals surface area contributed by atoms with Gasteiger partial charge in [-0.2, -0.15) is 0 Å². The van der Waals surface area contributed by atoms with Crippen molar-refractivity contribution >= 4 is 67.9 Å². The Kier molecular flexibility index (Phi) is 10.6. The molecule has 1 atom stereocenters. The fourth-order valence-corrected chi connectivity index (χ4v) is 4.35. The highest BCUT2D eigenvalue weighted by Crippen LogP contribution is 2.34. The van der Waals surface area contributed by atoms with Crippen molar-refractivity contribution in [1.29, 1.82) is 0 Å². The first kappa shape index (κ1) is 32.1. The first-order valence-electron chi connectivity index (χ1n) is 12.6. The maximum atomic E-state index is 15.5. The summed E-state index contributed by atoms with van der Waals surface area (Å²) in [6, 6.07) is 5.48. The van der Waals surface area contributed by atoms with Crippen LogP contribution in [0.25, 0.3) is 11.0 Å². The molecule has 3 rings (SSSR count). The Morgan fingerprint density at radius 1 is 1.17 bits per heavy atom. The zero-order valence-corrected chi connectivity index (χ0v) is 25.8. The van der Waals surface area contributed by atoms with Crippen molar-refractivity contribution in [3.05, 3.63) is 51.5 Å². The minimum Gasteiger partial charge on any atom is -0.462 e. The van der Waals surface area contributed by atoms with Gasteiger partial charge in [-0.1, -0.05) is 41.4 Å². The molecule has 11 nitrogen and oxygen atoms in total. The Labute approximate surface area is 250 Å². The van der Waals surface area contributed by atoms with Crippen molar-refractivity contribution in [3.8, 4) is 0 Å². The molecule has 1 heterocycles. The third kappa shape index (κ3) is 8.54. The first-order chi connectivity index (χ1) is 19.2. The topological polar surface area (TPSA) is 133 Å². The van der Waals surface area contributed by atoms with E-state index in [1.54, 1.807) is 64.4 Å². The van der Waals surface area contributed by atoms with Crippen LogP contribution in [0.4, 0.5) is 20.6 Å². The van der Waals surface area contributed by atoms with E-state index in [1.165, 1.54) is 12.4 Å². The second kappa shape index (κ2) is 13.5. The lowest BCUT2D eigenvalue weighted by Gasteiger charge is -2.24. The van der Waals surface area contributed by atoms with Gasteiger partial charge in [0.05, 0.1) is 33.8 Å². The molecule has 41 heavy (non-hydrogen) atoms. The van der Waals surface area contributed by atoms with Crippen LogP contribution in [-0.2, 0) is 26.2 Å². The minimum absolute atomic E-state index is 0.0623. The van der Waals surface area contributed by atoms with E-state index in [4.69, 9.17) is 25.9 Å². The highest BCUT2D eigenvalue weighted by molar-refractivity contribution is 9.10. The van der Waals surface area contributed by atoms with Crippen LogP contribution in [-0.4, -0.2) is 52.4 Å². The van der Waals surface area contributed by atoms with Gasteiger partial charge in [-0.15, -0.1) is 0 Å². The zero-order valence-electron chi connectivity index (χ0n) is 23.4. The summed E-state index contributed by atoms with van der Waals surface area (Å²) in [5.41, 5.74) is 2.09. The van der Waals surface area contributed by atoms with Gasteiger partial charge in [0.15, 0.2) is 5.82 Å². The molecular weight excluding hydrogens is 625 g/mol. The van der Waals surface area contributed by atoms with E-state index in [9.17, 15) is 14.4 Å². The molecule has 0 saturated heterocycles. The van der Waals surface area contributed by atoms with Gasteiger partial charge >= 0.3 is 12.1 Å². The number of carbonyl (C=O) groups is 3. The van der Waals surface area contributed by atoms with E-state index in [2.05, 4.69) is 37.0 Å². The molecular formula is C27H32BrClFN5O6. The second-order valence-corrected chi connectivity index (χ2v) is 11.7. The normalized spacial score (nSPS) is 12.2. The monoisotopic (exact) mass is 655 g/mol. The van der Waals surface area contributed by atoms with Crippen molar-refractivity contribution in [1.82, 2.24) is 20.3 Å². The average molecular weight is 657 g/mol. The molecule has 3 N–H and O–H groups in total. The number of aryl methyl sites for hydroxylation is 1. The third-order valence-corrected chi connectivity index (χ3v) is 6.39. The van der Waals surface area contributed by atoms with Crippen molar-refractivity contribution in [2.45, 2.75) is 46.3 Å². The molecule has 2 aromatic carbocycles. The predicted molar refractivity (Wildman–Crippen MR) is 155 cm³/mol. The molecule has 3 aromatic rings.